The number of alkyl carbamates (subject to hydrolysis) is 1. The zero-order chi connectivity index (χ0) is 12.9. The molecule has 1 aliphatic rings. The van der Waals surface area contributed by atoms with Crippen molar-refractivity contribution in [2.45, 2.75) is 58.1 Å². The molecule has 0 aliphatic heterocycles. The molecule has 0 radical (unpaired) electrons. The van der Waals surface area contributed by atoms with Gasteiger partial charge in [-0.05, 0) is 59.1 Å². The van der Waals surface area contributed by atoms with E-state index in [1.54, 1.807) is 0 Å². The Morgan fingerprint density at radius 1 is 1.35 bits per heavy atom. The summed E-state index contributed by atoms with van der Waals surface area (Å²) in [5.74, 6) is 0.643. The predicted octanol–water partition coefficient (Wildman–Crippen LogP) is 2.77. The number of rotatable bonds is 3. The van der Waals surface area contributed by atoms with Gasteiger partial charge in [0.1, 0.15) is 5.60 Å². The first-order chi connectivity index (χ1) is 7.90. The van der Waals surface area contributed by atoms with Gasteiger partial charge in [0, 0.05) is 12.6 Å². The van der Waals surface area contributed by atoms with Crippen LogP contribution < -0.4 is 5.32 Å². The second-order valence-electron chi connectivity index (χ2n) is 5.77. The van der Waals surface area contributed by atoms with Gasteiger partial charge in [-0.15, -0.1) is 0 Å². The van der Waals surface area contributed by atoms with E-state index in [0.717, 1.165) is 32.2 Å². The largest absolute Gasteiger partial charge is 0.444 e. The van der Waals surface area contributed by atoms with Gasteiger partial charge >= 0.3 is 6.09 Å². The predicted molar refractivity (Wildman–Crippen MR) is 69.5 cm³/mol. The molecule has 1 rings (SSSR count). The van der Waals surface area contributed by atoms with Gasteiger partial charge in [0.05, 0.1) is 0 Å². The Kier molecular flexibility index (Phi) is 4.97. The van der Waals surface area contributed by atoms with Crippen molar-refractivity contribution in [2.24, 2.45) is 10.9 Å². The van der Waals surface area contributed by atoms with Crippen LogP contribution in [0.15, 0.2) is 4.99 Å². The summed E-state index contributed by atoms with van der Waals surface area (Å²) in [7, 11) is 0. The van der Waals surface area contributed by atoms with Crippen molar-refractivity contribution in [1.29, 1.82) is 0 Å². The van der Waals surface area contributed by atoms with Crippen LogP contribution in [0.1, 0.15) is 46.5 Å². The molecule has 1 aliphatic carbocycles. The third-order valence-corrected chi connectivity index (χ3v) is 2.95. The Labute approximate surface area is 104 Å². The lowest BCUT2D eigenvalue weighted by molar-refractivity contribution is 0.0488. The Morgan fingerprint density at radius 3 is 2.41 bits per heavy atom. The Bertz CT molecular complexity index is 263. The number of carbonyl (C=O) groups excluding carboxylic acids is 1. The molecule has 98 valence electrons. The highest BCUT2D eigenvalue weighted by Gasteiger charge is 2.24. The van der Waals surface area contributed by atoms with E-state index in [4.69, 9.17) is 4.74 Å². The Balaban J connectivity index is 2.26. The van der Waals surface area contributed by atoms with Crippen LogP contribution >= 0.6 is 0 Å². The fourth-order valence-corrected chi connectivity index (χ4v) is 2.15. The molecule has 1 saturated carbocycles. The molecule has 4 heteroatoms. The highest BCUT2D eigenvalue weighted by Crippen LogP contribution is 2.24. The number of ether oxygens (including phenoxy) is 1. The molecule has 4 nitrogen and oxygen atoms in total. The van der Waals surface area contributed by atoms with E-state index in [2.05, 4.69) is 17.0 Å². The molecular weight excluding hydrogens is 216 g/mol. The molecule has 0 spiro atoms. The molecule has 0 unspecified atom stereocenters. The lowest BCUT2D eigenvalue weighted by Gasteiger charge is -2.29. The minimum absolute atomic E-state index is 0.255. The van der Waals surface area contributed by atoms with E-state index >= 15 is 0 Å². The van der Waals surface area contributed by atoms with Crippen LogP contribution in [-0.2, 0) is 4.74 Å². The molecule has 1 fully saturated rings. The van der Waals surface area contributed by atoms with Crippen LogP contribution in [0.3, 0.4) is 0 Å². The minimum Gasteiger partial charge on any atom is -0.444 e. The standard InChI is InChI=1S/C13H24N2O2/c1-13(2,3)17-12(16)15-11-7-5-10(6-8-11)9-14-4/h10-11H,4-9H2,1-3H3,(H,15,16). The number of carbonyl (C=O) groups is 1. The van der Waals surface area contributed by atoms with Gasteiger partial charge in [-0.1, -0.05) is 0 Å². The van der Waals surface area contributed by atoms with E-state index in [1.165, 1.54) is 0 Å². The number of amides is 1. The third kappa shape index (κ3) is 5.71. The lowest BCUT2D eigenvalue weighted by atomic mass is 9.86. The molecule has 0 atom stereocenters. The van der Waals surface area contributed by atoms with E-state index in [1.807, 2.05) is 20.8 Å². The summed E-state index contributed by atoms with van der Waals surface area (Å²) in [6, 6.07) is 0.255. The highest BCUT2D eigenvalue weighted by atomic mass is 16.6. The van der Waals surface area contributed by atoms with E-state index < -0.39 is 5.60 Å². The normalized spacial score (nSPS) is 25.1. The van der Waals surface area contributed by atoms with Crippen molar-refractivity contribution in [3.8, 4) is 0 Å². The van der Waals surface area contributed by atoms with Gasteiger partial charge in [0.15, 0.2) is 0 Å². The molecule has 0 bridgehead atoms. The maximum Gasteiger partial charge on any atom is 0.407 e. The number of nitrogens with zero attached hydrogens (tertiary/aromatic N) is 1. The second kappa shape index (κ2) is 6.03. The second-order valence-corrected chi connectivity index (χ2v) is 5.77. The van der Waals surface area contributed by atoms with E-state index in [0.29, 0.717) is 5.92 Å². The quantitative estimate of drug-likeness (QED) is 0.771. The van der Waals surface area contributed by atoms with Gasteiger partial charge in [-0.3, -0.25) is 0 Å². The van der Waals surface area contributed by atoms with Gasteiger partial charge < -0.3 is 15.0 Å². The minimum atomic E-state index is -0.423. The van der Waals surface area contributed by atoms with Gasteiger partial charge in [0.2, 0.25) is 0 Å². The summed E-state index contributed by atoms with van der Waals surface area (Å²) >= 11 is 0. The first-order valence-corrected chi connectivity index (χ1v) is 6.32. The first-order valence-electron chi connectivity index (χ1n) is 6.32. The summed E-state index contributed by atoms with van der Waals surface area (Å²) in [6.45, 7) is 9.99. The SMILES string of the molecule is C=NCC1CCC(NC(=O)OC(C)(C)C)CC1. The van der Waals surface area contributed by atoms with Gasteiger partial charge in [-0.25, -0.2) is 4.79 Å². The van der Waals surface area contributed by atoms with Crippen LogP contribution in [0, 0.1) is 5.92 Å². The summed E-state index contributed by atoms with van der Waals surface area (Å²) < 4.78 is 5.24. The third-order valence-electron chi connectivity index (χ3n) is 2.95. The van der Waals surface area contributed by atoms with Crippen molar-refractivity contribution < 1.29 is 9.53 Å². The monoisotopic (exact) mass is 240 g/mol. The maximum absolute atomic E-state index is 11.6. The van der Waals surface area contributed by atoms with Crippen LogP contribution in [0.2, 0.25) is 0 Å². The summed E-state index contributed by atoms with van der Waals surface area (Å²) in [6.07, 6.45) is 3.94. The number of hydrogen-bond acceptors (Lipinski definition) is 3. The average Bonchev–Trinajstić information content (AvgIpc) is 2.18. The summed E-state index contributed by atoms with van der Waals surface area (Å²) in [5.41, 5.74) is -0.423. The molecule has 0 aromatic heterocycles. The highest BCUT2D eigenvalue weighted by molar-refractivity contribution is 5.68. The summed E-state index contributed by atoms with van der Waals surface area (Å²) in [5, 5.41) is 2.93. The van der Waals surface area contributed by atoms with Crippen LogP contribution in [0.5, 0.6) is 0 Å². The fraction of sp³-hybridized carbons (Fsp3) is 0.846. The Hall–Kier alpha value is -1.06. The van der Waals surface area contributed by atoms with Crippen molar-refractivity contribution in [1.82, 2.24) is 5.32 Å². The molecular formula is C13H24N2O2. The molecule has 0 aromatic rings. The van der Waals surface area contributed by atoms with Crippen molar-refractivity contribution in [3.63, 3.8) is 0 Å². The average molecular weight is 240 g/mol. The molecule has 1 N–H and O–H groups in total. The van der Waals surface area contributed by atoms with E-state index in [-0.39, 0.29) is 12.1 Å². The molecule has 1 amide bonds. The number of aliphatic imine (C=N–C) groups is 1. The van der Waals surface area contributed by atoms with Crippen LogP contribution in [-0.4, -0.2) is 31.0 Å². The molecule has 17 heavy (non-hydrogen) atoms. The van der Waals surface area contributed by atoms with E-state index in [9.17, 15) is 4.79 Å². The smallest absolute Gasteiger partial charge is 0.407 e. The van der Waals surface area contributed by atoms with Gasteiger partial charge in [0.25, 0.3) is 0 Å². The van der Waals surface area contributed by atoms with Crippen LogP contribution in [0.4, 0.5) is 4.79 Å². The number of nitrogens with one attached hydrogen (secondary N) is 1. The molecule has 0 saturated heterocycles. The zero-order valence-corrected chi connectivity index (χ0v) is 11.2. The topological polar surface area (TPSA) is 50.7 Å². The molecule has 0 aromatic carbocycles. The van der Waals surface area contributed by atoms with Crippen molar-refractivity contribution >= 4 is 12.8 Å². The van der Waals surface area contributed by atoms with Crippen molar-refractivity contribution in [2.75, 3.05) is 6.54 Å². The van der Waals surface area contributed by atoms with Crippen molar-refractivity contribution in [3.05, 3.63) is 0 Å². The van der Waals surface area contributed by atoms with Gasteiger partial charge in [-0.2, -0.15) is 0 Å². The number of hydrogen-bond donors (Lipinski definition) is 1. The fourth-order valence-electron chi connectivity index (χ4n) is 2.15. The first kappa shape index (κ1) is 14.0. The Morgan fingerprint density at radius 2 is 1.94 bits per heavy atom. The zero-order valence-electron chi connectivity index (χ0n) is 11.2. The lowest BCUT2D eigenvalue weighted by Crippen LogP contribution is -2.41. The molecule has 0 heterocycles. The van der Waals surface area contributed by atoms with Crippen LogP contribution in [0.25, 0.3) is 0 Å². The maximum atomic E-state index is 11.6. The summed E-state index contributed by atoms with van der Waals surface area (Å²) in [4.78, 5) is 15.5.